The molecule has 1 aliphatic heterocycles. The monoisotopic (exact) mass is 186 g/mol. The summed E-state index contributed by atoms with van der Waals surface area (Å²) in [5.41, 5.74) is -0.300. The van der Waals surface area contributed by atoms with E-state index >= 15 is 0 Å². The highest BCUT2D eigenvalue weighted by Crippen LogP contribution is 2.27. The molecule has 0 saturated carbocycles. The van der Waals surface area contributed by atoms with Gasteiger partial charge in [0.05, 0.1) is 12.7 Å². The highest BCUT2D eigenvalue weighted by molar-refractivity contribution is 6.46. The van der Waals surface area contributed by atoms with Crippen molar-refractivity contribution in [3.05, 3.63) is 0 Å². The summed E-state index contributed by atoms with van der Waals surface area (Å²) in [5, 5.41) is 0. The van der Waals surface area contributed by atoms with E-state index < -0.39 is 0 Å². The van der Waals surface area contributed by atoms with Crippen molar-refractivity contribution in [2.45, 2.75) is 45.2 Å². The molecule has 0 bridgehead atoms. The van der Waals surface area contributed by atoms with Crippen molar-refractivity contribution in [1.29, 1.82) is 0 Å². The molecule has 2 unspecified atom stereocenters. The molecule has 1 rings (SSSR count). The number of hydrogen-bond acceptors (Lipinski definition) is 3. The molecule has 0 aliphatic carbocycles. The standard InChI is InChI=1S/C9H19BO3/c1-7(2)10-12-6-9(4,11-5)8(3)13-10/h7-8H,6H2,1-5H3. The topological polar surface area (TPSA) is 27.7 Å². The molecule has 1 aliphatic rings. The Kier molecular flexibility index (Phi) is 3.38. The summed E-state index contributed by atoms with van der Waals surface area (Å²) in [7, 11) is 1.61. The van der Waals surface area contributed by atoms with Crippen molar-refractivity contribution in [1.82, 2.24) is 0 Å². The van der Waals surface area contributed by atoms with Crippen molar-refractivity contribution in [3.8, 4) is 0 Å². The van der Waals surface area contributed by atoms with Crippen LogP contribution in [0.1, 0.15) is 27.7 Å². The van der Waals surface area contributed by atoms with Crippen molar-refractivity contribution in [2.24, 2.45) is 0 Å². The quantitative estimate of drug-likeness (QED) is 0.614. The molecule has 1 saturated heterocycles. The fourth-order valence-corrected chi connectivity index (χ4v) is 1.32. The van der Waals surface area contributed by atoms with Crippen LogP contribution < -0.4 is 0 Å². The van der Waals surface area contributed by atoms with Crippen LogP contribution in [0, 0.1) is 0 Å². The number of methoxy groups -OCH3 is 1. The molecule has 0 N–H and O–H groups in total. The first-order chi connectivity index (χ1) is 5.99. The zero-order valence-electron chi connectivity index (χ0n) is 9.16. The van der Waals surface area contributed by atoms with Gasteiger partial charge in [0.15, 0.2) is 0 Å². The maximum absolute atomic E-state index is 5.71. The van der Waals surface area contributed by atoms with Crippen LogP contribution in [0.2, 0.25) is 5.82 Å². The molecule has 0 aromatic carbocycles. The summed E-state index contributed by atoms with van der Waals surface area (Å²) in [6.45, 7) is 8.82. The zero-order valence-corrected chi connectivity index (χ0v) is 9.16. The van der Waals surface area contributed by atoms with Crippen molar-refractivity contribution >= 4 is 7.12 Å². The van der Waals surface area contributed by atoms with Gasteiger partial charge in [-0.3, -0.25) is 0 Å². The molecule has 0 amide bonds. The fraction of sp³-hybridized carbons (Fsp3) is 1.00. The molecule has 0 radical (unpaired) electrons. The average molecular weight is 186 g/mol. The Balaban J connectivity index is 2.56. The minimum absolute atomic E-state index is 0.0821. The summed E-state index contributed by atoms with van der Waals surface area (Å²) in [6.07, 6.45) is 0.0821. The van der Waals surface area contributed by atoms with Crippen LogP contribution in [0.15, 0.2) is 0 Å². The van der Waals surface area contributed by atoms with Crippen LogP contribution in [0.4, 0.5) is 0 Å². The van der Waals surface area contributed by atoms with E-state index in [2.05, 4.69) is 13.8 Å². The third-order valence-corrected chi connectivity index (χ3v) is 2.74. The normalized spacial score (nSPS) is 35.5. The van der Waals surface area contributed by atoms with Crippen LogP contribution in [-0.4, -0.2) is 32.5 Å². The molecule has 1 fully saturated rings. The largest absolute Gasteiger partial charge is 0.460 e. The maximum Gasteiger partial charge on any atom is 0.460 e. The van der Waals surface area contributed by atoms with Gasteiger partial charge in [0, 0.05) is 7.11 Å². The minimum atomic E-state index is -0.300. The Morgan fingerprint density at radius 2 is 2.15 bits per heavy atom. The van der Waals surface area contributed by atoms with E-state index in [9.17, 15) is 0 Å². The van der Waals surface area contributed by atoms with Crippen LogP contribution >= 0.6 is 0 Å². The van der Waals surface area contributed by atoms with Crippen LogP contribution in [0.25, 0.3) is 0 Å². The van der Waals surface area contributed by atoms with E-state index in [1.807, 2.05) is 13.8 Å². The molecule has 0 spiro atoms. The molecule has 0 aromatic heterocycles. The van der Waals surface area contributed by atoms with Gasteiger partial charge in [-0.05, 0) is 19.7 Å². The zero-order chi connectivity index (χ0) is 10.1. The highest BCUT2D eigenvalue weighted by Gasteiger charge is 2.42. The molecule has 0 aromatic rings. The molecule has 1 heterocycles. The SMILES string of the molecule is COC1(C)COB(C(C)C)OC1C. The lowest BCUT2D eigenvalue weighted by molar-refractivity contribution is -0.134. The molecule has 2 atom stereocenters. The summed E-state index contributed by atoms with van der Waals surface area (Å²) < 4.78 is 16.6. The van der Waals surface area contributed by atoms with Gasteiger partial charge in [-0.2, -0.15) is 0 Å². The van der Waals surface area contributed by atoms with Gasteiger partial charge in [-0.25, -0.2) is 0 Å². The van der Waals surface area contributed by atoms with Crippen LogP contribution in [0.3, 0.4) is 0 Å². The van der Waals surface area contributed by atoms with Gasteiger partial charge in [0.2, 0.25) is 0 Å². The molecule has 76 valence electrons. The second kappa shape index (κ2) is 3.99. The van der Waals surface area contributed by atoms with Crippen molar-refractivity contribution in [3.63, 3.8) is 0 Å². The molecular weight excluding hydrogens is 167 g/mol. The Morgan fingerprint density at radius 3 is 2.54 bits per heavy atom. The summed E-state index contributed by atoms with van der Waals surface area (Å²) in [6, 6.07) is 0. The lowest BCUT2D eigenvalue weighted by Crippen LogP contribution is -2.54. The fourth-order valence-electron chi connectivity index (χ4n) is 1.32. The van der Waals surface area contributed by atoms with Gasteiger partial charge in [-0.1, -0.05) is 13.8 Å². The minimum Gasteiger partial charge on any atom is -0.408 e. The lowest BCUT2D eigenvalue weighted by Gasteiger charge is -2.41. The maximum atomic E-state index is 5.71. The first-order valence-electron chi connectivity index (χ1n) is 4.82. The summed E-state index contributed by atoms with van der Waals surface area (Å²) in [5.74, 6) is 0.392. The van der Waals surface area contributed by atoms with Gasteiger partial charge in [0.25, 0.3) is 0 Å². The molecular formula is C9H19BO3. The molecule has 4 heteroatoms. The summed E-state index contributed by atoms with van der Waals surface area (Å²) in [4.78, 5) is 0. The van der Waals surface area contributed by atoms with E-state index in [1.54, 1.807) is 7.11 Å². The first kappa shape index (κ1) is 11.0. The van der Waals surface area contributed by atoms with Gasteiger partial charge >= 0.3 is 7.12 Å². The molecule has 13 heavy (non-hydrogen) atoms. The second-order valence-corrected chi connectivity index (χ2v) is 4.22. The van der Waals surface area contributed by atoms with E-state index in [1.165, 1.54) is 0 Å². The number of ether oxygens (including phenoxy) is 1. The van der Waals surface area contributed by atoms with Gasteiger partial charge < -0.3 is 14.0 Å². The van der Waals surface area contributed by atoms with E-state index in [4.69, 9.17) is 14.0 Å². The first-order valence-corrected chi connectivity index (χ1v) is 4.82. The van der Waals surface area contributed by atoms with Crippen LogP contribution in [-0.2, 0) is 14.0 Å². The Morgan fingerprint density at radius 1 is 1.54 bits per heavy atom. The van der Waals surface area contributed by atoms with Gasteiger partial charge in [0.1, 0.15) is 5.60 Å². The molecule has 3 nitrogen and oxygen atoms in total. The third-order valence-electron chi connectivity index (χ3n) is 2.74. The van der Waals surface area contributed by atoms with Crippen LogP contribution in [0.5, 0.6) is 0 Å². The predicted molar refractivity (Wildman–Crippen MR) is 52.8 cm³/mol. The van der Waals surface area contributed by atoms with Gasteiger partial charge in [-0.15, -0.1) is 0 Å². The highest BCUT2D eigenvalue weighted by atomic mass is 16.6. The third kappa shape index (κ3) is 2.24. The van der Waals surface area contributed by atoms with E-state index in [0.29, 0.717) is 12.4 Å². The Labute approximate surface area is 80.9 Å². The Hall–Kier alpha value is -0.0551. The van der Waals surface area contributed by atoms with Crippen molar-refractivity contribution < 1.29 is 14.0 Å². The smallest absolute Gasteiger partial charge is 0.408 e. The second-order valence-electron chi connectivity index (χ2n) is 4.22. The lowest BCUT2D eigenvalue weighted by atomic mass is 9.72. The number of rotatable bonds is 2. The van der Waals surface area contributed by atoms with E-state index in [0.717, 1.165) is 0 Å². The Bertz CT molecular complexity index is 174. The van der Waals surface area contributed by atoms with Crippen molar-refractivity contribution in [2.75, 3.05) is 13.7 Å². The average Bonchev–Trinajstić information content (AvgIpc) is 2.09. The number of hydrogen-bond donors (Lipinski definition) is 0. The summed E-state index contributed by atoms with van der Waals surface area (Å²) >= 11 is 0. The predicted octanol–water partition coefficient (Wildman–Crippen LogP) is 1.72. The van der Waals surface area contributed by atoms with E-state index in [-0.39, 0.29) is 18.8 Å².